The molecule has 1 saturated heterocycles. The van der Waals surface area contributed by atoms with Gasteiger partial charge in [-0.15, -0.1) is 0 Å². The lowest BCUT2D eigenvalue weighted by Gasteiger charge is -2.45. The van der Waals surface area contributed by atoms with Crippen LogP contribution in [0.25, 0.3) is 0 Å². The maximum absolute atomic E-state index is 14.2. The molecule has 0 spiro atoms. The fourth-order valence-electron chi connectivity index (χ4n) is 3.98. The third-order valence-electron chi connectivity index (χ3n) is 5.50. The van der Waals surface area contributed by atoms with Gasteiger partial charge in [0.05, 0.1) is 19.7 Å². The molecule has 5 nitrogen and oxygen atoms in total. The molecule has 0 bridgehead atoms. The zero-order valence-electron chi connectivity index (χ0n) is 15.9. The van der Waals surface area contributed by atoms with Crippen LogP contribution in [-0.2, 0) is 11.2 Å². The van der Waals surface area contributed by atoms with Crippen LogP contribution in [0.5, 0.6) is 5.75 Å². The number of nitrogens with zero attached hydrogens (tertiary/aromatic N) is 2. The summed E-state index contributed by atoms with van der Waals surface area (Å²) in [7, 11) is 1.63. The fourth-order valence-corrected chi connectivity index (χ4v) is 4.23. The normalized spacial score (nSPS) is 18.4. The summed E-state index contributed by atoms with van der Waals surface area (Å²) in [4.78, 5) is 16.4. The van der Waals surface area contributed by atoms with Gasteiger partial charge in [0, 0.05) is 18.8 Å². The zero-order valence-corrected chi connectivity index (χ0v) is 16.7. The highest BCUT2D eigenvalue weighted by molar-refractivity contribution is 7.80. The van der Waals surface area contributed by atoms with Gasteiger partial charge in [-0.05, 0) is 66.5 Å². The number of nitrogens with one attached hydrogen (secondary N) is 1. The molecule has 0 radical (unpaired) electrons. The Kier molecular flexibility index (Phi) is 4.93. The van der Waals surface area contributed by atoms with Crippen LogP contribution < -0.4 is 10.1 Å². The minimum atomic E-state index is -0.198. The first kappa shape index (κ1) is 18.7. The van der Waals surface area contributed by atoms with Gasteiger partial charge in [0.1, 0.15) is 11.6 Å². The molecule has 2 aromatic carbocycles. The molecule has 1 fully saturated rings. The van der Waals surface area contributed by atoms with E-state index in [2.05, 4.69) is 5.32 Å². The highest BCUT2D eigenvalue weighted by Crippen LogP contribution is 2.34. The van der Waals surface area contributed by atoms with Crippen molar-refractivity contribution in [2.45, 2.75) is 19.4 Å². The Morgan fingerprint density at radius 1 is 1.32 bits per heavy atom. The summed E-state index contributed by atoms with van der Waals surface area (Å²) in [6.07, 6.45) is 0.554. The van der Waals surface area contributed by atoms with Crippen molar-refractivity contribution < 1.29 is 13.9 Å². The van der Waals surface area contributed by atoms with Gasteiger partial charge in [-0.3, -0.25) is 4.79 Å². The number of ether oxygens (including phenoxy) is 1. The van der Waals surface area contributed by atoms with Crippen LogP contribution in [0, 0.1) is 12.7 Å². The van der Waals surface area contributed by atoms with E-state index in [1.165, 1.54) is 6.07 Å². The second kappa shape index (κ2) is 7.39. The molecule has 0 aromatic heterocycles. The second-order valence-electron chi connectivity index (χ2n) is 7.15. The summed E-state index contributed by atoms with van der Waals surface area (Å²) in [5.41, 5.74) is 3.46. The number of methoxy groups -OCH3 is 1. The predicted molar refractivity (Wildman–Crippen MR) is 110 cm³/mol. The first-order valence-corrected chi connectivity index (χ1v) is 9.66. The van der Waals surface area contributed by atoms with Crippen molar-refractivity contribution in [2.75, 3.05) is 32.1 Å². The van der Waals surface area contributed by atoms with Gasteiger partial charge in [-0.2, -0.15) is 0 Å². The number of carbonyl (C=O) groups is 1. The number of rotatable bonds is 2. The second-order valence-corrected chi connectivity index (χ2v) is 7.54. The Labute approximate surface area is 169 Å². The summed E-state index contributed by atoms with van der Waals surface area (Å²) in [5, 5.41) is 3.73. The molecule has 2 aliphatic heterocycles. The van der Waals surface area contributed by atoms with Gasteiger partial charge in [0.15, 0.2) is 5.11 Å². The lowest BCUT2D eigenvalue weighted by Crippen LogP contribution is -2.56. The standard InChI is InChI=1S/C21H22FN3O2S/c1-13-10-14(27-2)6-7-18(13)23-21(28)24-11-19-16-4-3-5-17(22)15(16)8-9-25(19)20(26)12-24/h3-7,10,19H,8-9,11-12H2,1-2H3,(H,23,28). The van der Waals surface area contributed by atoms with E-state index in [-0.39, 0.29) is 24.3 Å². The Balaban J connectivity index is 1.55. The molecular weight excluding hydrogens is 377 g/mol. The summed E-state index contributed by atoms with van der Waals surface area (Å²) in [6, 6.07) is 10.6. The molecule has 0 saturated carbocycles. The van der Waals surface area contributed by atoms with Gasteiger partial charge in [0.25, 0.3) is 0 Å². The third kappa shape index (κ3) is 3.30. The van der Waals surface area contributed by atoms with E-state index in [9.17, 15) is 9.18 Å². The minimum absolute atomic E-state index is 0.0155. The van der Waals surface area contributed by atoms with E-state index >= 15 is 0 Å². The quantitative estimate of drug-likeness (QED) is 0.786. The summed E-state index contributed by atoms with van der Waals surface area (Å²) < 4.78 is 19.4. The number of thiocarbonyl (C=S) groups is 1. The molecule has 7 heteroatoms. The van der Waals surface area contributed by atoms with Crippen LogP contribution in [-0.4, -0.2) is 47.6 Å². The molecule has 146 valence electrons. The highest BCUT2D eigenvalue weighted by atomic mass is 32.1. The Bertz CT molecular complexity index is 949. The Hall–Kier alpha value is -2.67. The average Bonchev–Trinajstić information content (AvgIpc) is 2.69. The van der Waals surface area contributed by atoms with Crippen LogP contribution in [0.1, 0.15) is 22.7 Å². The van der Waals surface area contributed by atoms with E-state index in [4.69, 9.17) is 17.0 Å². The maximum atomic E-state index is 14.2. The topological polar surface area (TPSA) is 44.8 Å². The number of piperazine rings is 1. The molecule has 0 aliphatic carbocycles. The maximum Gasteiger partial charge on any atom is 0.242 e. The van der Waals surface area contributed by atoms with Crippen LogP contribution in [0.15, 0.2) is 36.4 Å². The first-order valence-electron chi connectivity index (χ1n) is 9.25. The smallest absolute Gasteiger partial charge is 0.242 e. The number of anilines is 1. The summed E-state index contributed by atoms with van der Waals surface area (Å²) >= 11 is 5.59. The zero-order chi connectivity index (χ0) is 19.8. The van der Waals surface area contributed by atoms with E-state index in [1.54, 1.807) is 13.2 Å². The van der Waals surface area contributed by atoms with Gasteiger partial charge in [-0.25, -0.2) is 4.39 Å². The van der Waals surface area contributed by atoms with Crippen molar-refractivity contribution in [3.8, 4) is 5.75 Å². The van der Waals surface area contributed by atoms with Crippen LogP contribution in [0.3, 0.4) is 0 Å². The lowest BCUT2D eigenvalue weighted by atomic mass is 9.90. The molecular formula is C21H22FN3O2S. The molecule has 2 aromatic rings. The van der Waals surface area contributed by atoms with Crippen molar-refractivity contribution in [3.63, 3.8) is 0 Å². The number of hydrogen-bond donors (Lipinski definition) is 1. The molecule has 2 aliphatic rings. The van der Waals surface area contributed by atoms with Crippen molar-refractivity contribution in [2.24, 2.45) is 0 Å². The monoisotopic (exact) mass is 399 g/mol. The fraction of sp³-hybridized carbons (Fsp3) is 0.333. The van der Waals surface area contributed by atoms with Crippen molar-refractivity contribution in [1.29, 1.82) is 0 Å². The number of carbonyl (C=O) groups excluding carboxylic acids is 1. The van der Waals surface area contributed by atoms with Gasteiger partial charge >= 0.3 is 0 Å². The van der Waals surface area contributed by atoms with E-state index in [0.29, 0.717) is 30.2 Å². The Morgan fingerprint density at radius 3 is 2.89 bits per heavy atom. The average molecular weight is 399 g/mol. The summed E-state index contributed by atoms with van der Waals surface area (Å²) in [6.45, 7) is 3.28. The van der Waals surface area contributed by atoms with Crippen LogP contribution in [0.4, 0.5) is 10.1 Å². The Morgan fingerprint density at radius 2 is 2.14 bits per heavy atom. The molecule has 28 heavy (non-hydrogen) atoms. The molecule has 4 rings (SSSR count). The number of aryl methyl sites for hydroxylation is 1. The van der Waals surface area contributed by atoms with Crippen LogP contribution >= 0.6 is 12.2 Å². The van der Waals surface area contributed by atoms with E-state index in [1.807, 2.05) is 41.0 Å². The number of hydrogen-bond acceptors (Lipinski definition) is 3. The molecule has 1 atom stereocenters. The first-order chi connectivity index (χ1) is 13.5. The number of halogens is 1. The third-order valence-corrected chi connectivity index (χ3v) is 5.86. The van der Waals surface area contributed by atoms with Crippen molar-refractivity contribution >= 4 is 28.9 Å². The van der Waals surface area contributed by atoms with Crippen LogP contribution in [0.2, 0.25) is 0 Å². The van der Waals surface area contributed by atoms with Gasteiger partial charge in [-0.1, -0.05) is 12.1 Å². The largest absolute Gasteiger partial charge is 0.497 e. The van der Waals surface area contributed by atoms with E-state index in [0.717, 1.165) is 22.6 Å². The minimum Gasteiger partial charge on any atom is -0.497 e. The molecule has 1 unspecified atom stereocenters. The van der Waals surface area contributed by atoms with Gasteiger partial charge in [0.2, 0.25) is 5.91 Å². The van der Waals surface area contributed by atoms with E-state index < -0.39 is 0 Å². The number of amides is 1. The van der Waals surface area contributed by atoms with Gasteiger partial charge < -0.3 is 19.9 Å². The lowest BCUT2D eigenvalue weighted by molar-refractivity contribution is -0.138. The SMILES string of the molecule is COc1ccc(NC(=S)N2CC(=O)N3CCc4c(F)cccc4C3C2)c(C)c1. The summed E-state index contributed by atoms with van der Waals surface area (Å²) in [5.74, 6) is 0.594. The van der Waals surface area contributed by atoms with Crippen molar-refractivity contribution in [1.82, 2.24) is 9.80 Å². The number of benzene rings is 2. The predicted octanol–water partition coefficient (Wildman–Crippen LogP) is 3.28. The molecule has 2 heterocycles. The molecule has 1 N–H and O–H groups in total. The number of fused-ring (bicyclic) bond motifs is 3. The highest BCUT2D eigenvalue weighted by Gasteiger charge is 2.38. The van der Waals surface area contributed by atoms with Crippen molar-refractivity contribution in [3.05, 3.63) is 58.9 Å². The molecule has 1 amide bonds.